The SMILES string of the molecule is COc1ccc(OC)c(C2CN(C3N=C(c4ccncn4)C=CN3C)CCO2)c1. The molecule has 0 radical (unpaired) electrons. The van der Waals surface area contributed by atoms with E-state index in [0.29, 0.717) is 13.2 Å². The van der Waals surface area contributed by atoms with Crippen LogP contribution in [0.2, 0.25) is 0 Å². The number of ether oxygens (including phenoxy) is 3. The average molecular weight is 395 g/mol. The average Bonchev–Trinajstić information content (AvgIpc) is 2.79. The van der Waals surface area contributed by atoms with Gasteiger partial charge in [-0.1, -0.05) is 0 Å². The molecule has 1 fully saturated rings. The second kappa shape index (κ2) is 8.59. The van der Waals surface area contributed by atoms with Crippen molar-refractivity contribution in [3.63, 3.8) is 0 Å². The molecule has 2 atom stereocenters. The fraction of sp³-hybridized carbons (Fsp3) is 0.381. The minimum absolute atomic E-state index is 0.132. The normalized spacial score (nSPS) is 22.3. The third-order valence-electron chi connectivity index (χ3n) is 5.14. The summed E-state index contributed by atoms with van der Waals surface area (Å²) >= 11 is 0. The van der Waals surface area contributed by atoms with Gasteiger partial charge in [0.05, 0.1) is 38.3 Å². The molecule has 29 heavy (non-hydrogen) atoms. The van der Waals surface area contributed by atoms with Crippen LogP contribution in [0.1, 0.15) is 17.4 Å². The van der Waals surface area contributed by atoms with Gasteiger partial charge in [0.2, 0.25) is 0 Å². The minimum atomic E-state index is -0.134. The first-order chi connectivity index (χ1) is 14.2. The van der Waals surface area contributed by atoms with Gasteiger partial charge < -0.3 is 19.1 Å². The largest absolute Gasteiger partial charge is 0.497 e. The first-order valence-electron chi connectivity index (χ1n) is 9.51. The summed E-state index contributed by atoms with van der Waals surface area (Å²) in [5.41, 5.74) is 2.64. The Morgan fingerprint density at radius 1 is 1.17 bits per heavy atom. The molecule has 2 aromatic rings. The van der Waals surface area contributed by atoms with Crippen LogP contribution in [0.5, 0.6) is 11.5 Å². The summed E-state index contributed by atoms with van der Waals surface area (Å²) < 4.78 is 17.0. The summed E-state index contributed by atoms with van der Waals surface area (Å²) in [7, 11) is 5.36. The molecule has 8 nitrogen and oxygen atoms in total. The van der Waals surface area contributed by atoms with Crippen molar-refractivity contribution in [3.8, 4) is 11.5 Å². The Morgan fingerprint density at radius 2 is 2.07 bits per heavy atom. The highest BCUT2D eigenvalue weighted by Gasteiger charge is 2.31. The van der Waals surface area contributed by atoms with E-state index >= 15 is 0 Å². The predicted octanol–water partition coefficient (Wildman–Crippen LogP) is 2.10. The molecule has 0 saturated carbocycles. The smallest absolute Gasteiger partial charge is 0.178 e. The standard InChI is InChI=1S/C21H25N5O3/c1-25-9-7-18(17-6-8-22-14-23-17)24-21(25)26-10-11-29-20(13-26)16-12-15(27-2)4-5-19(16)28-3/h4-9,12,14,20-21H,10-11,13H2,1-3H3. The molecule has 0 amide bonds. The number of rotatable bonds is 5. The number of morpholine rings is 1. The monoisotopic (exact) mass is 395 g/mol. The summed E-state index contributed by atoms with van der Waals surface area (Å²) in [6.45, 7) is 2.08. The molecular weight excluding hydrogens is 370 g/mol. The number of allylic oxidation sites excluding steroid dienone is 1. The van der Waals surface area contributed by atoms with Crippen LogP contribution < -0.4 is 9.47 Å². The number of benzene rings is 1. The summed E-state index contributed by atoms with van der Waals surface area (Å²) in [6.07, 6.45) is 7.01. The second-order valence-corrected chi connectivity index (χ2v) is 6.90. The molecule has 1 saturated heterocycles. The van der Waals surface area contributed by atoms with Crippen molar-refractivity contribution >= 4 is 5.71 Å². The quantitative estimate of drug-likeness (QED) is 0.768. The van der Waals surface area contributed by atoms with Crippen molar-refractivity contribution in [1.29, 1.82) is 0 Å². The lowest BCUT2D eigenvalue weighted by Crippen LogP contribution is -2.50. The lowest BCUT2D eigenvalue weighted by atomic mass is 10.1. The van der Waals surface area contributed by atoms with Crippen molar-refractivity contribution < 1.29 is 14.2 Å². The predicted molar refractivity (Wildman–Crippen MR) is 109 cm³/mol. The van der Waals surface area contributed by atoms with Crippen molar-refractivity contribution in [2.45, 2.75) is 12.4 Å². The highest BCUT2D eigenvalue weighted by atomic mass is 16.5. The second-order valence-electron chi connectivity index (χ2n) is 6.90. The maximum atomic E-state index is 6.09. The molecule has 0 aliphatic carbocycles. The van der Waals surface area contributed by atoms with E-state index in [4.69, 9.17) is 19.2 Å². The van der Waals surface area contributed by atoms with E-state index in [1.165, 1.54) is 0 Å². The number of nitrogens with zero attached hydrogens (tertiary/aromatic N) is 5. The molecule has 2 aliphatic rings. The Hall–Kier alpha value is -2.97. The highest BCUT2D eigenvalue weighted by molar-refractivity contribution is 6.07. The Labute approximate surface area is 170 Å². The fourth-order valence-corrected chi connectivity index (χ4v) is 3.61. The molecule has 2 unspecified atom stereocenters. The van der Waals surface area contributed by atoms with E-state index in [2.05, 4.69) is 19.8 Å². The number of aromatic nitrogens is 2. The van der Waals surface area contributed by atoms with E-state index in [1.807, 2.05) is 43.6 Å². The van der Waals surface area contributed by atoms with E-state index in [9.17, 15) is 0 Å². The molecule has 0 spiro atoms. The Morgan fingerprint density at radius 3 is 2.83 bits per heavy atom. The molecular formula is C21H25N5O3. The number of hydrogen-bond donors (Lipinski definition) is 0. The Kier molecular flexibility index (Phi) is 5.73. The maximum Gasteiger partial charge on any atom is 0.178 e. The van der Waals surface area contributed by atoms with Gasteiger partial charge in [-0.15, -0.1) is 0 Å². The zero-order chi connectivity index (χ0) is 20.2. The van der Waals surface area contributed by atoms with E-state index in [0.717, 1.165) is 35.0 Å². The van der Waals surface area contributed by atoms with Crippen LogP contribution >= 0.6 is 0 Å². The molecule has 8 heteroatoms. The van der Waals surface area contributed by atoms with Crippen LogP contribution in [0.15, 0.2) is 54.1 Å². The molecule has 3 heterocycles. The van der Waals surface area contributed by atoms with Gasteiger partial charge in [-0.3, -0.25) is 4.90 Å². The van der Waals surface area contributed by atoms with Crippen LogP contribution in [0.4, 0.5) is 0 Å². The van der Waals surface area contributed by atoms with Gasteiger partial charge in [0.1, 0.15) is 17.8 Å². The van der Waals surface area contributed by atoms with Crippen molar-refractivity contribution in [1.82, 2.24) is 19.8 Å². The Bertz CT molecular complexity index is 902. The molecule has 2 aliphatic heterocycles. The first-order valence-corrected chi connectivity index (χ1v) is 9.51. The third kappa shape index (κ3) is 4.08. The van der Waals surface area contributed by atoms with Crippen LogP contribution in [0.25, 0.3) is 0 Å². The van der Waals surface area contributed by atoms with E-state index in [1.54, 1.807) is 26.7 Å². The molecule has 1 aromatic heterocycles. The fourth-order valence-electron chi connectivity index (χ4n) is 3.61. The summed E-state index contributed by atoms with van der Waals surface area (Å²) in [6, 6.07) is 7.65. The van der Waals surface area contributed by atoms with Crippen LogP contribution in [-0.2, 0) is 4.74 Å². The molecule has 0 bridgehead atoms. The summed E-state index contributed by atoms with van der Waals surface area (Å²) in [5.74, 6) is 1.57. The molecule has 0 N–H and O–H groups in total. The van der Waals surface area contributed by atoms with Gasteiger partial charge in [0.25, 0.3) is 0 Å². The molecule has 1 aromatic carbocycles. The lowest BCUT2D eigenvalue weighted by Gasteiger charge is -2.41. The van der Waals surface area contributed by atoms with Crippen molar-refractivity contribution in [3.05, 3.63) is 60.3 Å². The molecule has 152 valence electrons. The van der Waals surface area contributed by atoms with E-state index in [-0.39, 0.29) is 12.4 Å². The zero-order valence-electron chi connectivity index (χ0n) is 16.9. The summed E-state index contributed by atoms with van der Waals surface area (Å²) in [5, 5.41) is 0. The van der Waals surface area contributed by atoms with Gasteiger partial charge in [-0.25, -0.2) is 15.0 Å². The van der Waals surface area contributed by atoms with Gasteiger partial charge in [-0.05, 0) is 30.3 Å². The summed E-state index contributed by atoms with van der Waals surface area (Å²) in [4.78, 5) is 17.7. The van der Waals surface area contributed by atoms with Gasteiger partial charge >= 0.3 is 0 Å². The number of methoxy groups -OCH3 is 2. The van der Waals surface area contributed by atoms with Crippen molar-refractivity contribution in [2.75, 3.05) is 41.0 Å². The topological polar surface area (TPSA) is 72.3 Å². The Balaban J connectivity index is 1.58. The van der Waals surface area contributed by atoms with E-state index < -0.39 is 0 Å². The first kappa shape index (κ1) is 19.4. The number of aliphatic imine (C=N–C) groups is 1. The van der Waals surface area contributed by atoms with Gasteiger partial charge in [-0.2, -0.15) is 0 Å². The zero-order valence-corrected chi connectivity index (χ0v) is 16.9. The van der Waals surface area contributed by atoms with Crippen molar-refractivity contribution in [2.24, 2.45) is 4.99 Å². The van der Waals surface area contributed by atoms with Crippen LogP contribution in [-0.4, -0.2) is 72.7 Å². The highest BCUT2D eigenvalue weighted by Crippen LogP contribution is 2.34. The number of hydrogen-bond acceptors (Lipinski definition) is 8. The third-order valence-corrected chi connectivity index (χ3v) is 5.14. The minimum Gasteiger partial charge on any atom is -0.497 e. The van der Waals surface area contributed by atoms with Gasteiger partial charge in [0, 0.05) is 38.1 Å². The lowest BCUT2D eigenvalue weighted by molar-refractivity contribution is -0.0640. The van der Waals surface area contributed by atoms with Crippen LogP contribution in [0, 0.1) is 0 Å². The molecule has 4 rings (SSSR count). The van der Waals surface area contributed by atoms with Gasteiger partial charge in [0.15, 0.2) is 6.29 Å². The maximum absolute atomic E-state index is 6.09. The van der Waals surface area contributed by atoms with Crippen LogP contribution in [0.3, 0.4) is 0 Å².